The zero-order valence-electron chi connectivity index (χ0n) is 10.4. The molecule has 0 unspecified atom stereocenters. The number of nitrogens with one attached hydrogen (secondary N) is 1. The number of nitrogens with zero attached hydrogens (tertiary/aromatic N) is 1. The molecule has 0 saturated heterocycles. The Labute approximate surface area is 108 Å². The van der Waals surface area contributed by atoms with Gasteiger partial charge in [-0.2, -0.15) is 0 Å². The van der Waals surface area contributed by atoms with E-state index in [-0.39, 0.29) is 12.1 Å². The van der Waals surface area contributed by atoms with E-state index in [1.807, 2.05) is 0 Å². The van der Waals surface area contributed by atoms with Gasteiger partial charge in [0.1, 0.15) is 5.82 Å². The molecule has 1 N–H and O–H groups in total. The molecule has 0 fully saturated rings. The molecule has 0 spiro atoms. The summed E-state index contributed by atoms with van der Waals surface area (Å²) in [6.45, 7) is 0.0378. The van der Waals surface area contributed by atoms with Crippen molar-refractivity contribution in [2.75, 3.05) is 20.8 Å². The van der Waals surface area contributed by atoms with Crippen molar-refractivity contribution in [1.82, 2.24) is 5.32 Å². The lowest BCUT2D eigenvalue weighted by Crippen LogP contribution is -2.34. The van der Waals surface area contributed by atoms with Gasteiger partial charge < -0.3 is 14.8 Å². The van der Waals surface area contributed by atoms with Crippen molar-refractivity contribution < 1.29 is 23.6 Å². The van der Waals surface area contributed by atoms with Gasteiger partial charge in [0.2, 0.25) is 0 Å². The Kier molecular flexibility index (Phi) is 5.34. The second-order valence-corrected chi connectivity index (χ2v) is 3.57. The molecule has 19 heavy (non-hydrogen) atoms. The van der Waals surface area contributed by atoms with Gasteiger partial charge in [0.15, 0.2) is 6.29 Å². The average molecular weight is 272 g/mol. The van der Waals surface area contributed by atoms with Crippen LogP contribution in [0, 0.1) is 15.9 Å². The first-order valence-corrected chi connectivity index (χ1v) is 5.26. The minimum atomic E-state index is -0.852. The van der Waals surface area contributed by atoms with Crippen molar-refractivity contribution in [2.45, 2.75) is 6.29 Å². The second-order valence-electron chi connectivity index (χ2n) is 3.57. The zero-order valence-corrected chi connectivity index (χ0v) is 10.4. The van der Waals surface area contributed by atoms with E-state index in [9.17, 15) is 19.3 Å². The quantitative estimate of drug-likeness (QED) is 0.475. The first-order valence-electron chi connectivity index (χ1n) is 5.26. The molecule has 8 heteroatoms. The summed E-state index contributed by atoms with van der Waals surface area (Å²) in [5.74, 6) is -1.50. The average Bonchev–Trinajstić information content (AvgIpc) is 2.38. The number of hydrogen-bond acceptors (Lipinski definition) is 5. The number of nitro benzene ring substituents is 1. The molecular weight excluding hydrogens is 259 g/mol. The van der Waals surface area contributed by atoms with Gasteiger partial charge in [0.05, 0.1) is 17.5 Å². The highest BCUT2D eigenvalue weighted by atomic mass is 19.1. The van der Waals surface area contributed by atoms with E-state index in [0.29, 0.717) is 0 Å². The lowest BCUT2D eigenvalue weighted by atomic mass is 10.2. The maximum absolute atomic E-state index is 13.1. The molecule has 1 amide bonds. The summed E-state index contributed by atoms with van der Waals surface area (Å²) in [6.07, 6.45) is -0.646. The second kappa shape index (κ2) is 6.76. The number of rotatable bonds is 6. The Morgan fingerprint density at radius 1 is 1.42 bits per heavy atom. The van der Waals surface area contributed by atoms with Crippen molar-refractivity contribution in [3.05, 3.63) is 39.7 Å². The first kappa shape index (κ1) is 15.0. The predicted octanol–water partition coefficient (Wildman–Crippen LogP) is 1.08. The van der Waals surface area contributed by atoms with Gasteiger partial charge in [0, 0.05) is 25.8 Å². The highest BCUT2D eigenvalue weighted by Crippen LogP contribution is 2.16. The third kappa shape index (κ3) is 4.27. The van der Waals surface area contributed by atoms with Gasteiger partial charge in [-0.3, -0.25) is 14.9 Å². The number of hydrogen-bond donors (Lipinski definition) is 1. The Balaban J connectivity index is 2.79. The van der Waals surface area contributed by atoms with Crippen LogP contribution in [0.4, 0.5) is 10.1 Å². The number of methoxy groups -OCH3 is 2. The maximum Gasteiger partial charge on any atom is 0.273 e. The molecule has 7 nitrogen and oxygen atoms in total. The first-order chi connectivity index (χ1) is 8.97. The summed E-state index contributed by atoms with van der Waals surface area (Å²) >= 11 is 0. The van der Waals surface area contributed by atoms with Crippen LogP contribution in [0.25, 0.3) is 0 Å². The number of carbonyl (C=O) groups is 1. The smallest absolute Gasteiger partial charge is 0.273 e. The van der Waals surface area contributed by atoms with Crippen molar-refractivity contribution in [3.63, 3.8) is 0 Å². The molecule has 104 valence electrons. The topological polar surface area (TPSA) is 90.7 Å². The third-order valence-corrected chi connectivity index (χ3v) is 2.31. The number of halogens is 1. The molecule has 0 radical (unpaired) electrons. The summed E-state index contributed by atoms with van der Waals surface area (Å²) < 4.78 is 22.9. The largest absolute Gasteiger partial charge is 0.354 e. The highest BCUT2D eigenvalue weighted by Gasteiger charge is 2.15. The minimum absolute atomic E-state index is 0.0378. The molecule has 0 saturated carbocycles. The number of benzene rings is 1. The maximum atomic E-state index is 13.1. The lowest BCUT2D eigenvalue weighted by molar-refractivity contribution is -0.385. The summed E-state index contributed by atoms with van der Waals surface area (Å²) in [6, 6.07) is 2.65. The van der Waals surface area contributed by atoms with Crippen molar-refractivity contribution >= 4 is 11.6 Å². The summed E-state index contributed by atoms with van der Waals surface area (Å²) in [4.78, 5) is 21.5. The minimum Gasteiger partial charge on any atom is -0.354 e. The molecule has 1 aromatic carbocycles. The van der Waals surface area contributed by atoms with E-state index >= 15 is 0 Å². The fourth-order valence-electron chi connectivity index (χ4n) is 1.35. The number of ether oxygens (including phenoxy) is 2. The van der Waals surface area contributed by atoms with Gasteiger partial charge >= 0.3 is 0 Å². The molecule has 0 aromatic heterocycles. The van der Waals surface area contributed by atoms with E-state index in [1.165, 1.54) is 14.2 Å². The fourth-order valence-corrected chi connectivity index (χ4v) is 1.35. The van der Waals surface area contributed by atoms with Crippen molar-refractivity contribution in [3.8, 4) is 0 Å². The van der Waals surface area contributed by atoms with E-state index in [1.54, 1.807) is 0 Å². The standard InChI is InChI=1S/C11H13FN2O5/c1-18-10(19-2)6-13-11(15)7-3-8(12)5-9(4-7)14(16)17/h3-5,10H,6H2,1-2H3,(H,13,15). The Bertz CT molecular complexity index is 476. The number of carbonyl (C=O) groups excluding carboxylic acids is 1. The van der Waals surface area contributed by atoms with Crippen LogP contribution >= 0.6 is 0 Å². The van der Waals surface area contributed by atoms with Gasteiger partial charge in [-0.15, -0.1) is 0 Å². The van der Waals surface area contributed by atoms with Gasteiger partial charge in [-0.05, 0) is 6.07 Å². The molecule has 0 bridgehead atoms. The van der Waals surface area contributed by atoms with Crippen molar-refractivity contribution in [2.24, 2.45) is 0 Å². The Morgan fingerprint density at radius 2 is 2.05 bits per heavy atom. The summed E-state index contributed by atoms with van der Waals surface area (Å²) in [5, 5.41) is 13.0. The fraction of sp³-hybridized carbons (Fsp3) is 0.364. The normalized spacial score (nSPS) is 10.5. The van der Waals surface area contributed by atoms with Crippen LogP contribution in [-0.4, -0.2) is 37.9 Å². The Morgan fingerprint density at radius 3 is 2.58 bits per heavy atom. The monoisotopic (exact) mass is 272 g/mol. The van der Waals surface area contributed by atoms with Crippen LogP contribution in [0.15, 0.2) is 18.2 Å². The van der Waals surface area contributed by atoms with Crippen LogP contribution in [0.2, 0.25) is 0 Å². The molecule has 1 aromatic rings. The van der Waals surface area contributed by atoms with E-state index < -0.39 is 28.6 Å². The van der Waals surface area contributed by atoms with Crippen LogP contribution in [0.3, 0.4) is 0 Å². The number of nitro groups is 1. The molecule has 0 aliphatic rings. The molecule has 0 heterocycles. The third-order valence-electron chi connectivity index (χ3n) is 2.31. The summed E-state index contributed by atoms with van der Waals surface area (Å²) in [7, 11) is 2.79. The lowest BCUT2D eigenvalue weighted by Gasteiger charge is -2.13. The van der Waals surface area contributed by atoms with Gasteiger partial charge in [-0.25, -0.2) is 4.39 Å². The number of non-ortho nitro benzene ring substituents is 1. The van der Waals surface area contributed by atoms with Crippen LogP contribution in [0.1, 0.15) is 10.4 Å². The molecular formula is C11H13FN2O5. The SMILES string of the molecule is COC(CNC(=O)c1cc(F)cc([N+](=O)[O-])c1)OC. The van der Waals surface area contributed by atoms with E-state index in [0.717, 1.165) is 18.2 Å². The van der Waals surface area contributed by atoms with Gasteiger partial charge in [-0.1, -0.05) is 0 Å². The molecule has 1 rings (SSSR count). The van der Waals surface area contributed by atoms with Crippen molar-refractivity contribution in [1.29, 1.82) is 0 Å². The Hall–Kier alpha value is -2.06. The van der Waals surface area contributed by atoms with Gasteiger partial charge in [0.25, 0.3) is 11.6 Å². The zero-order chi connectivity index (χ0) is 14.4. The molecule has 0 atom stereocenters. The van der Waals surface area contributed by atoms with E-state index in [2.05, 4.69) is 5.32 Å². The highest BCUT2D eigenvalue weighted by molar-refractivity contribution is 5.94. The summed E-state index contributed by atoms with van der Waals surface area (Å²) in [5.41, 5.74) is -0.627. The van der Waals surface area contributed by atoms with Crippen LogP contribution in [-0.2, 0) is 9.47 Å². The van der Waals surface area contributed by atoms with Crippen LogP contribution < -0.4 is 5.32 Å². The molecule has 0 aliphatic carbocycles. The van der Waals surface area contributed by atoms with E-state index in [4.69, 9.17) is 9.47 Å². The predicted molar refractivity (Wildman–Crippen MR) is 63.2 cm³/mol. The molecule has 0 aliphatic heterocycles. The van der Waals surface area contributed by atoms with Crippen LogP contribution in [0.5, 0.6) is 0 Å². The number of amides is 1.